The van der Waals surface area contributed by atoms with Gasteiger partial charge in [0.15, 0.2) is 0 Å². The number of halogens is 1. The SMILES string of the molecule is Fc1nccc(NCc2cccnc2)n1. The third-order valence-electron chi connectivity index (χ3n) is 1.82. The van der Waals surface area contributed by atoms with Crippen molar-refractivity contribution in [2.75, 3.05) is 5.32 Å². The van der Waals surface area contributed by atoms with E-state index in [0.717, 1.165) is 5.56 Å². The predicted octanol–water partition coefficient (Wildman–Crippen LogP) is 1.62. The van der Waals surface area contributed by atoms with Gasteiger partial charge in [-0.15, -0.1) is 0 Å². The first-order valence-electron chi connectivity index (χ1n) is 4.46. The van der Waals surface area contributed by atoms with Gasteiger partial charge in [0.2, 0.25) is 0 Å². The molecule has 2 aromatic heterocycles. The Bertz CT molecular complexity index is 432. The molecule has 0 aromatic carbocycles. The van der Waals surface area contributed by atoms with E-state index in [-0.39, 0.29) is 0 Å². The molecule has 0 radical (unpaired) electrons. The minimum atomic E-state index is -0.730. The highest BCUT2D eigenvalue weighted by atomic mass is 19.1. The van der Waals surface area contributed by atoms with E-state index >= 15 is 0 Å². The van der Waals surface area contributed by atoms with E-state index in [4.69, 9.17) is 0 Å². The van der Waals surface area contributed by atoms with Crippen molar-refractivity contribution >= 4 is 5.82 Å². The molecule has 0 aliphatic carbocycles. The molecule has 1 N–H and O–H groups in total. The number of nitrogens with zero attached hydrogens (tertiary/aromatic N) is 3. The summed E-state index contributed by atoms with van der Waals surface area (Å²) in [7, 11) is 0. The van der Waals surface area contributed by atoms with Crippen molar-refractivity contribution in [3.63, 3.8) is 0 Å². The molecular weight excluding hydrogens is 195 g/mol. The van der Waals surface area contributed by atoms with Crippen molar-refractivity contribution in [2.24, 2.45) is 0 Å². The monoisotopic (exact) mass is 204 g/mol. The minimum Gasteiger partial charge on any atom is -0.366 e. The normalized spacial score (nSPS) is 9.93. The maximum absolute atomic E-state index is 12.6. The van der Waals surface area contributed by atoms with E-state index in [0.29, 0.717) is 12.4 Å². The Balaban J connectivity index is 1.99. The highest BCUT2D eigenvalue weighted by Crippen LogP contribution is 2.04. The van der Waals surface area contributed by atoms with Gasteiger partial charge in [0.25, 0.3) is 0 Å². The average Bonchev–Trinajstić information content (AvgIpc) is 2.28. The second kappa shape index (κ2) is 4.45. The van der Waals surface area contributed by atoms with Gasteiger partial charge in [0, 0.05) is 25.1 Å². The maximum Gasteiger partial charge on any atom is 0.310 e. The van der Waals surface area contributed by atoms with E-state index in [1.54, 1.807) is 18.5 Å². The van der Waals surface area contributed by atoms with Crippen LogP contribution >= 0.6 is 0 Å². The molecule has 15 heavy (non-hydrogen) atoms. The molecule has 0 saturated carbocycles. The lowest BCUT2D eigenvalue weighted by atomic mass is 10.3. The topological polar surface area (TPSA) is 50.7 Å². The highest BCUT2D eigenvalue weighted by molar-refractivity contribution is 5.32. The molecule has 0 spiro atoms. The van der Waals surface area contributed by atoms with Crippen LogP contribution in [0.4, 0.5) is 10.2 Å². The number of hydrogen-bond donors (Lipinski definition) is 1. The Hall–Kier alpha value is -2.04. The van der Waals surface area contributed by atoms with Crippen LogP contribution in [0.5, 0.6) is 0 Å². The Kier molecular flexibility index (Phi) is 2.82. The fourth-order valence-corrected chi connectivity index (χ4v) is 1.13. The second-order valence-electron chi connectivity index (χ2n) is 2.93. The number of nitrogens with one attached hydrogen (secondary N) is 1. The molecule has 0 fully saturated rings. The average molecular weight is 204 g/mol. The van der Waals surface area contributed by atoms with E-state index < -0.39 is 6.08 Å². The molecule has 0 aliphatic rings. The predicted molar refractivity (Wildman–Crippen MR) is 53.6 cm³/mol. The Morgan fingerprint density at radius 2 is 2.20 bits per heavy atom. The molecule has 2 aromatic rings. The third kappa shape index (κ3) is 2.70. The van der Waals surface area contributed by atoms with Crippen molar-refractivity contribution in [2.45, 2.75) is 6.54 Å². The molecule has 0 saturated heterocycles. The van der Waals surface area contributed by atoms with Gasteiger partial charge < -0.3 is 5.32 Å². The molecule has 0 bridgehead atoms. The molecule has 0 amide bonds. The summed E-state index contributed by atoms with van der Waals surface area (Å²) in [5.41, 5.74) is 1.01. The third-order valence-corrected chi connectivity index (χ3v) is 1.82. The lowest BCUT2D eigenvalue weighted by Crippen LogP contribution is -2.03. The fraction of sp³-hybridized carbons (Fsp3) is 0.100. The molecule has 0 atom stereocenters. The molecule has 2 heterocycles. The van der Waals surface area contributed by atoms with E-state index in [9.17, 15) is 4.39 Å². The summed E-state index contributed by atoms with van der Waals surface area (Å²) in [5, 5.41) is 2.97. The van der Waals surface area contributed by atoms with Gasteiger partial charge >= 0.3 is 6.08 Å². The first-order valence-corrected chi connectivity index (χ1v) is 4.46. The zero-order valence-electron chi connectivity index (χ0n) is 7.89. The molecule has 5 heteroatoms. The summed E-state index contributed by atoms with van der Waals surface area (Å²) >= 11 is 0. The van der Waals surface area contributed by atoms with Crippen molar-refractivity contribution in [1.82, 2.24) is 15.0 Å². The second-order valence-corrected chi connectivity index (χ2v) is 2.93. The van der Waals surface area contributed by atoms with E-state index in [2.05, 4.69) is 20.3 Å². The molecule has 2 rings (SSSR count). The standard InChI is InChI=1S/C10H9FN4/c11-10-13-5-3-9(15-10)14-7-8-2-1-4-12-6-8/h1-6H,7H2,(H,13,14,15). The zero-order valence-corrected chi connectivity index (χ0v) is 7.89. The van der Waals surface area contributed by atoms with Crippen LogP contribution in [0.3, 0.4) is 0 Å². The zero-order chi connectivity index (χ0) is 10.5. The summed E-state index contributed by atoms with van der Waals surface area (Å²) in [5.74, 6) is 0.464. The first kappa shape index (κ1) is 9.51. The molecule has 4 nitrogen and oxygen atoms in total. The summed E-state index contributed by atoms with van der Waals surface area (Å²) in [6.45, 7) is 0.560. The molecule has 0 unspecified atom stereocenters. The lowest BCUT2D eigenvalue weighted by molar-refractivity contribution is 0.540. The van der Waals surface area contributed by atoms with Gasteiger partial charge in [-0.1, -0.05) is 6.07 Å². The number of rotatable bonds is 3. The van der Waals surface area contributed by atoms with Crippen LogP contribution in [0, 0.1) is 6.08 Å². The highest BCUT2D eigenvalue weighted by Gasteiger charge is 1.97. The van der Waals surface area contributed by atoms with Gasteiger partial charge in [0.05, 0.1) is 0 Å². The van der Waals surface area contributed by atoms with Gasteiger partial charge in [-0.25, -0.2) is 4.98 Å². The fourth-order valence-electron chi connectivity index (χ4n) is 1.13. The largest absolute Gasteiger partial charge is 0.366 e. The van der Waals surface area contributed by atoms with Gasteiger partial charge in [0.1, 0.15) is 5.82 Å². The summed E-state index contributed by atoms with van der Waals surface area (Å²) in [4.78, 5) is 10.9. The first-order chi connectivity index (χ1) is 7.34. The number of anilines is 1. The number of hydrogen-bond acceptors (Lipinski definition) is 4. The maximum atomic E-state index is 12.6. The van der Waals surface area contributed by atoms with Crippen LogP contribution in [0.15, 0.2) is 36.8 Å². The molecule has 76 valence electrons. The van der Waals surface area contributed by atoms with Crippen molar-refractivity contribution in [3.05, 3.63) is 48.4 Å². The smallest absolute Gasteiger partial charge is 0.310 e. The van der Waals surface area contributed by atoms with Crippen LogP contribution in [0.2, 0.25) is 0 Å². The van der Waals surface area contributed by atoms with Crippen LogP contribution in [-0.4, -0.2) is 15.0 Å². The van der Waals surface area contributed by atoms with E-state index in [1.165, 1.54) is 6.20 Å². The number of aromatic nitrogens is 3. The molecular formula is C10H9FN4. The quantitative estimate of drug-likeness (QED) is 0.772. The summed E-state index contributed by atoms with van der Waals surface area (Å²) < 4.78 is 12.6. The number of pyridine rings is 1. The van der Waals surface area contributed by atoms with Crippen LogP contribution in [0.25, 0.3) is 0 Å². The van der Waals surface area contributed by atoms with Crippen LogP contribution in [0.1, 0.15) is 5.56 Å². The Morgan fingerprint density at radius 1 is 1.27 bits per heavy atom. The van der Waals surface area contributed by atoms with Crippen LogP contribution < -0.4 is 5.32 Å². The van der Waals surface area contributed by atoms with Gasteiger partial charge in [-0.2, -0.15) is 9.37 Å². The molecule has 0 aliphatic heterocycles. The van der Waals surface area contributed by atoms with E-state index in [1.807, 2.05) is 12.1 Å². The Labute approximate surface area is 86.2 Å². The summed E-state index contributed by atoms with van der Waals surface area (Å²) in [6, 6.07) is 5.38. The van der Waals surface area contributed by atoms with Gasteiger partial charge in [-0.05, 0) is 17.7 Å². The van der Waals surface area contributed by atoms with Crippen molar-refractivity contribution < 1.29 is 4.39 Å². The Morgan fingerprint density at radius 3 is 2.93 bits per heavy atom. The summed E-state index contributed by atoms with van der Waals surface area (Å²) in [6.07, 6.45) is 4.08. The van der Waals surface area contributed by atoms with Crippen molar-refractivity contribution in [1.29, 1.82) is 0 Å². The van der Waals surface area contributed by atoms with Crippen molar-refractivity contribution in [3.8, 4) is 0 Å². The van der Waals surface area contributed by atoms with Crippen LogP contribution in [-0.2, 0) is 6.54 Å². The van der Waals surface area contributed by atoms with Gasteiger partial charge in [-0.3, -0.25) is 4.98 Å². The lowest BCUT2D eigenvalue weighted by Gasteiger charge is -2.04. The minimum absolute atomic E-state index is 0.464.